The molecule has 0 aliphatic heterocycles. The molecule has 15 heavy (non-hydrogen) atoms. The van der Waals surface area contributed by atoms with Crippen molar-refractivity contribution < 1.29 is 17.9 Å². The Morgan fingerprint density at radius 1 is 1.40 bits per heavy atom. The predicted molar refractivity (Wildman–Crippen MR) is 52.1 cm³/mol. The van der Waals surface area contributed by atoms with E-state index in [1.54, 1.807) is 6.92 Å². The molecule has 1 aromatic carbocycles. The zero-order valence-corrected chi connectivity index (χ0v) is 8.27. The van der Waals surface area contributed by atoms with Crippen molar-refractivity contribution in [3.8, 4) is 5.75 Å². The van der Waals surface area contributed by atoms with Crippen LogP contribution in [0.4, 0.5) is 18.9 Å². The number of anilines is 1. The first-order valence-corrected chi connectivity index (χ1v) is 4.58. The third-order valence-corrected chi connectivity index (χ3v) is 1.69. The molecule has 0 heterocycles. The van der Waals surface area contributed by atoms with E-state index < -0.39 is 18.8 Å². The number of rotatable bonds is 5. The minimum absolute atomic E-state index is 0.125. The van der Waals surface area contributed by atoms with Crippen LogP contribution in [-0.2, 0) is 0 Å². The maximum Gasteiger partial charge on any atom is 0.255 e. The van der Waals surface area contributed by atoms with Gasteiger partial charge in [0, 0.05) is 11.8 Å². The standard InChI is InChI=1S/C10H12F3NO/c1-2-15-9-4-3-7(5-8(9)11)14-6-10(12)13/h3-5,10,14H,2,6H2,1H3. The van der Waals surface area contributed by atoms with E-state index in [9.17, 15) is 13.2 Å². The Morgan fingerprint density at radius 3 is 2.67 bits per heavy atom. The zero-order chi connectivity index (χ0) is 11.3. The lowest BCUT2D eigenvalue weighted by Gasteiger charge is -2.08. The van der Waals surface area contributed by atoms with Gasteiger partial charge >= 0.3 is 0 Å². The second-order valence-corrected chi connectivity index (χ2v) is 2.85. The summed E-state index contributed by atoms with van der Waals surface area (Å²) in [6.07, 6.45) is -2.46. The molecule has 0 saturated heterocycles. The number of nitrogens with one attached hydrogen (secondary N) is 1. The van der Waals surface area contributed by atoms with E-state index in [0.29, 0.717) is 12.3 Å². The number of benzene rings is 1. The first-order valence-electron chi connectivity index (χ1n) is 4.58. The fourth-order valence-electron chi connectivity index (χ4n) is 1.08. The Kier molecular flexibility index (Phi) is 4.27. The van der Waals surface area contributed by atoms with E-state index in [0.717, 1.165) is 6.07 Å². The molecule has 0 unspecified atom stereocenters. The summed E-state index contributed by atoms with van der Waals surface area (Å²) in [4.78, 5) is 0. The lowest BCUT2D eigenvalue weighted by Crippen LogP contribution is -2.10. The van der Waals surface area contributed by atoms with Gasteiger partial charge in [0.1, 0.15) is 0 Å². The summed E-state index contributed by atoms with van der Waals surface area (Å²) in [6.45, 7) is 1.61. The van der Waals surface area contributed by atoms with Gasteiger partial charge < -0.3 is 10.1 Å². The van der Waals surface area contributed by atoms with Gasteiger partial charge in [-0.25, -0.2) is 13.2 Å². The van der Waals surface area contributed by atoms with Gasteiger partial charge in [0.2, 0.25) is 0 Å². The molecule has 0 saturated carbocycles. The number of halogens is 3. The minimum Gasteiger partial charge on any atom is -0.491 e. The summed E-state index contributed by atoms with van der Waals surface area (Å²) in [6, 6.07) is 4.04. The summed E-state index contributed by atoms with van der Waals surface area (Å²) < 4.78 is 41.9. The summed E-state index contributed by atoms with van der Waals surface area (Å²) in [5, 5.41) is 2.41. The van der Waals surface area contributed by atoms with Gasteiger partial charge in [-0.15, -0.1) is 0 Å². The van der Waals surface area contributed by atoms with Crippen LogP contribution in [0.3, 0.4) is 0 Å². The van der Waals surface area contributed by atoms with Gasteiger partial charge in [-0.05, 0) is 19.1 Å². The van der Waals surface area contributed by atoms with Gasteiger partial charge in [0.05, 0.1) is 13.2 Å². The number of ether oxygens (including phenoxy) is 1. The molecule has 84 valence electrons. The highest BCUT2D eigenvalue weighted by Crippen LogP contribution is 2.21. The zero-order valence-electron chi connectivity index (χ0n) is 8.27. The third-order valence-electron chi connectivity index (χ3n) is 1.69. The van der Waals surface area contributed by atoms with Crippen molar-refractivity contribution in [2.45, 2.75) is 13.3 Å². The topological polar surface area (TPSA) is 21.3 Å². The first kappa shape index (κ1) is 11.7. The second-order valence-electron chi connectivity index (χ2n) is 2.85. The van der Waals surface area contributed by atoms with Gasteiger partial charge in [0.25, 0.3) is 6.43 Å². The van der Waals surface area contributed by atoms with Crippen LogP contribution in [0.5, 0.6) is 5.75 Å². The van der Waals surface area contributed by atoms with Crippen LogP contribution in [0, 0.1) is 5.82 Å². The van der Waals surface area contributed by atoms with Gasteiger partial charge in [-0.1, -0.05) is 0 Å². The molecule has 1 rings (SSSR count). The Bertz CT molecular complexity index is 318. The minimum atomic E-state index is -2.46. The van der Waals surface area contributed by atoms with Crippen LogP contribution in [0.15, 0.2) is 18.2 Å². The third kappa shape index (κ3) is 3.69. The van der Waals surface area contributed by atoms with Crippen molar-refractivity contribution in [1.82, 2.24) is 0 Å². The Balaban J connectivity index is 2.64. The molecular weight excluding hydrogens is 207 g/mol. The highest BCUT2D eigenvalue weighted by Gasteiger charge is 2.06. The van der Waals surface area contributed by atoms with Crippen LogP contribution in [0.25, 0.3) is 0 Å². The lowest BCUT2D eigenvalue weighted by atomic mass is 10.3. The molecule has 0 amide bonds. The average molecular weight is 219 g/mol. The summed E-state index contributed by atoms with van der Waals surface area (Å²) in [7, 11) is 0. The fourth-order valence-corrected chi connectivity index (χ4v) is 1.08. The van der Waals surface area contributed by atoms with E-state index in [4.69, 9.17) is 4.74 Å². The molecule has 0 radical (unpaired) electrons. The summed E-state index contributed by atoms with van der Waals surface area (Å²) in [5.41, 5.74) is 0.316. The van der Waals surface area contributed by atoms with E-state index in [1.165, 1.54) is 12.1 Å². The second kappa shape index (κ2) is 5.48. The molecule has 0 bridgehead atoms. The van der Waals surface area contributed by atoms with E-state index in [1.807, 2.05) is 0 Å². The van der Waals surface area contributed by atoms with E-state index >= 15 is 0 Å². The molecule has 5 heteroatoms. The van der Waals surface area contributed by atoms with Crippen molar-refractivity contribution in [2.24, 2.45) is 0 Å². The average Bonchev–Trinajstić information content (AvgIpc) is 2.19. The molecular formula is C10H12F3NO. The summed E-state index contributed by atoms with van der Waals surface area (Å²) in [5.74, 6) is -0.434. The molecule has 2 nitrogen and oxygen atoms in total. The van der Waals surface area contributed by atoms with Crippen molar-refractivity contribution in [3.05, 3.63) is 24.0 Å². The number of hydrogen-bond acceptors (Lipinski definition) is 2. The highest BCUT2D eigenvalue weighted by atomic mass is 19.3. The van der Waals surface area contributed by atoms with E-state index in [-0.39, 0.29) is 5.75 Å². The summed E-state index contributed by atoms with van der Waals surface area (Å²) >= 11 is 0. The van der Waals surface area contributed by atoms with Crippen LogP contribution < -0.4 is 10.1 Å². The molecule has 0 aliphatic carbocycles. The fraction of sp³-hybridized carbons (Fsp3) is 0.400. The van der Waals surface area contributed by atoms with Crippen LogP contribution >= 0.6 is 0 Å². The normalized spacial score (nSPS) is 10.5. The van der Waals surface area contributed by atoms with Crippen LogP contribution in [-0.4, -0.2) is 19.6 Å². The quantitative estimate of drug-likeness (QED) is 0.822. The predicted octanol–water partition coefficient (Wildman–Crippen LogP) is 2.90. The Labute approximate surface area is 86.1 Å². The molecule has 1 N–H and O–H groups in total. The van der Waals surface area contributed by atoms with Crippen LogP contribution in [0.2, 0.25) is 0 Å². The monoisotopic (exact) mass is 219 g/mol. The number of hydrogen-bond donors (Lipinski definition) is 1. The molecule has 0 fully saturated rings. The number of alkyl halides is 2. The first-order chi connectivity index (χ1) is 7.13. The van der Waals surface area contributed by atoms with Gasteiger partial charge in [-0.2, -0.15) is 0 Å². The highest BCUT2D eigenvalue weighted by molar-refractivity contribution is 5.47. The van der Waals surface area contributed by atoms with Gasteiger partial charge in [0.15, 0.2) is 11.6 Å². The molecule has 0 atom stereocenters. The molecule has 1 aromatic rings. The van der Waals surface area contributed by atoms with Crippen molar-refractivity contribution in [1.29, 1.82) is 0 Å². The molecule has 0 aromatic heterocycles. The largest absolute Gasteiger partial charge is 0.491 e. The van der Waals surface area contributed by atoms with Crippen molar-refractivity contribution >= 4 is 5.69 Å². The van der Waals surface area contributed by atoms with E-state index in [2.05, 4.69) is 5.32 Å². The smallest absolute Gasteiger partial charge is 0.255 e. The maximum absolute atomic E-state index is 13.2. The SMILES string of the molecule is CCOc1ccc(NCC(F)F)cc1F. The van der Waals surface area contributed by atoms with Crippen LogP contribution in [0.1, 0.15) is 6.92 Å². The Morgan fingerprint density at radius 2 is 2.13 bits per heavy atom. The van der Waals surface area contributed by atoms with Gasteiger partial charge in [-0.3, -0.25) is 0 Å². The van der Waals surface area contributed by atoms with Crippen molar-refractivity contribution in [2.75, 3.05) is 18.5 Å². The maximum atomic E-state index is 13.2. The molecule has 0 aliphatic rings. The molecule has 0 spiro atoms. The van der Waals surface area contributed by atoms with Crippen molar-refractivity contribution in [3.63, 3.8) is 0 Å². The lowest BCUT2D eigenvalue weighted by molar-refractivity contribution is 0.163. The Hall–Kier alpha value is -1.39.